The van der Waals surface area contributed by atoms with Crippen molar-refractivity contribution < 1.29 is 20.1 Å². The largest absolute Gasteiger partial charge is 0.477 e. The predicted octanol–water partition coefficient (Wildman–Crippen LogP) is 3.61. The van der Waals surface area contributed by atoms with Crippen LogP contribution in [0.25, 0.3) is 0 Å². The summed E-state index contributed by atoms with van der Waals surface area (Å²) in [5, 5.41) is 27.2. The highest BCUT2D eigenvalue weighted by atomic mass is 16.5. The Morgan fingerprint density at radius 2 is 1.81 bits per heavy atom. The van der Waals surface area contributed by atoms with Crippen LogP contribution in [-0.2, 0) is 4.79 Å². The van der Waals surface area contributed by atoms with Gasteiger partial charge in [-0.05, 0) is 62.8 Å². The van der Waals surface area contributed by atoms with Gasteiger partial charge in [0, 0.05) is 6.42 Å². The second kappa shape index (κ2) is 12.3. The molecule has 26 heavy (non-hydrogen) atoms. The van der Waals surface area contributed by atoms with Gasteiger partial charge >= 0.3 is 5.97 Å². The van der Waals surface area contributed by atoms with E-state index in [1.807, 2.05) is 12.2 Å². The lowest BCUT2D eigenvalue weighted by Gasteiger charge is -2.20. The van der Waals surface area contributed by atoms with E-state index in [1.54, 1.807) is 0 Å². The topological polar surface area (TPSA) is 104 Å². The zero-order valence-electron chi connectivity index (χ0n) is 16.1. The van der Waals surface area contributed by atoms with Crippen molar-refractivity contribution in [3.05, 3.63) is 24.3 Å². The highest BCUT2D eigenvalue weighted by molar-refractivity contribution is 5.74. The summed E-state index contributed by atoms with van der Waals surface area (Å²) in [7, 11) is 0. The minimum Gasteiger partial charge on any atom is -0.477 e. The molecule has 1 aliphatic carbocycles. The molecule has 1 rings (SSSR count). The fraction of sp³-hybridized carbons (Fsp3) is 0.762. The SMILES string of the molecule is CCCCCC/C=C/[C@H]1[C@H](CN)CC[C@@H]1C/C=C\CCC(O)(O)C(=O)O. The van der Waals surface area contributed by atoms with Gasteiger partial charge in [-0.1, -0.05) is 50.5 Å². The molecule has 1 saturated carbocycles. The van der Waals surface area contributed by atoms with E-state index in [2.05, 4.69) is 19.1 Å². The number of carboxylic acid groups (broad SMARTS) is 1. The van der Waals surface area contributed by atoms with Gasteiger partial charge in [0.1, 0.15) is 0 Å². The minimum absolute atomic E-state index is 0.198. The quantitative estimate of drug-likeness (QED) is 0.226. The van der Waals surface area contributed by atoms with Crippen LogP contribution in [0.5, 0.6) is 0 Å². The molecule has 150 valence electrons. The normalized spacial score (nSPS) is 24.1. The Kier molecular flexibility index (Phi) is 10.8. The van der Waals surface area contributed by atoms with E-state index < -0.39 is 11.8 Å². The molecule has 0 bridgehead atoms. The number of carbonyl (C=O) groups is 1. The van der Waals surface area contributed by atoms with E-state index in [0.29, 0.717) is 24.2 Å². The van der Waals surface area contributed by atoms with Gasteiger partial charge < -0.3 is 21.1 Å². The fourth-order valence-electron chi connectivity index (χ4n) is 3.78. The van der Waals surface area contributed by atoms with Crippen LogP contribution in [0, 0.1) is 17.8 Å². The molecule has 0 aliphatic heterocycles. The maximum Gasteiger partial charge on any atom is 0.364 e. The first-order valence-electron chi connectivity index (χ1n) is 10.1. The number of nitrogens with two attached hydrogens (primary N) is 1. The third kappa shape index (κ3) is 8.02. The van der Waals surface area contributed by atoms with Gasteiger partial charge in [0.05, 0.1) is 0 Å². The molecule has 0 spiro atoms. The van der Waals surface area contributed by atoms with Crippen LogP contribution in [-0.4, -0.2) is 33.6 Å². The van der Waals surface area contributed by atoms with Gasteiger partial charge in [0.15, 0.2) is 0 Å². The number of hydrogen-bond donors (Lipinski definition) is 4. The summed E-state index contributed by atoms with van der Waals surface area (Å²) < 4.78 is 0. The number of allylic oxidation sites excluding steroid dienone is 4. The summed E-state index contributed by atoms with van der Waals surface area (Å²) >= 11 is 0. The highest BCUT2D eigenvalue weighted by Crippen LogP contribution is 2.39. The molecule has 0 aromatic carbocycles. The Balaban J connectivity index is 2.42. The molecule has 1 aliphatic rings. The van der Waals surface area contributed by atoms with E-state index in [1.165, 1.54) is 25.7 Å². The van der Waals surface area contributed by atoms with Crippen LogP contribution >= 0.6 is 0 Å². The molecule has 0 saturated heterocycles. The first-order chi connectivity index (χ1) is 12.4. The zero-order valence-corrected chi connectivity index (χ0v) is 16.1. The number of aliphatic hydroxyl groups is 2. The Morgan fingerprint density at radius 3 is 2.46 bits per heavy atom. The van der Waals surface area contributed by atoms with E-state index >= 15 is 0 Å². The zero-order chi connectivity index (χ0) is 19.4. The summed E-state index contributed by atoms with van der Waals surface area (Å²) in [6.45, 7) is 2.95. The molecule has 5 nitrogen and oxygen atoms in total. The number of carboxylic acids is 1. The summed E-state index contributed by atoms with van der Waals surface area (Å²) in [5.41, 5.74) is 5.95. The van der Waals surface area contributed by atoms with Gasteiger partial charge in [0.2, 0.25) is 0 Å². The third-order valence-corrected chi connectivity index (χ3v) is 5.49. The molecule has 0 radical (unpaired) electrons. The van der Waals surface area contributed by atoms with Crippen molar-refractivity contribution in [3.8, 4) is 0 Å². The van der Waals surface area contributed by atoms with Gasteiger partial charge in [-0.15, -0.1) is 0 Å². The second-order valence-electron chi connectivity index (χ2n) is 7.56. The number of aliphatic carboxylic acids is 1. The Bertz CT molecular complexity index is 459. The molecule has 5 heteroatoms. The first kappa shape index (κ1) is 22.9. The number of unbranched alkanes of at least 4 members (excludes halogenated alkanes) is 4. The lowest BCUT2D eigenvalue weighted by Crippen LogP contribution is -2.37. The van der Waals surface area contributed by atoms with E-state index in [9.17, 15) is 15.0 Å². The molecule has 3 atom stereocenters. The average molecular weight is 368 g/mol. The standard InChI is InChI=1S/C21H37NO4/c1-2-3-4-5-6-9-12-19-17(13-14-18(19)16-22)11-8-7-10-15-21(25,26)20(23)24/h7-9,12,17-19,25-26H,2-6,10-11,13-16,22H2,1H3,(H,23,24)/b8-7-,12-9+/t17-,18-,19+/m0/s1. The van der Waals surface area contributed by atoms with Crippen LogP contribution in [0.2, 0.25) is 0 Å². The van der Waals surface area contributed by atoms with Crippen molar-refractivity contribution >= 4 is 5.97 Å². The molecule has 5 N–H and O–H groups in total. The minimum atomic E-state index is -2.63. The smallest absolute Gasteiger partial charge is 0.364 e. The van der Waals surface area contributed by atoms with Crippen molar-refractivity contribution in [1.29, 1.82) is 0 Å². The molecular formula is C21H37NO4. The van der Waals surface area contributed by atoms with Crippen LogP contribution in [0.4, 0.5) is 0 Å². The first-order valence-corrected chi connectivity index (χ1v) is 10.1. The summed E-state index contributed by atoms with van der Waals surface area (Å²) in [4.78, 5) is 10.6. The van der Waals surface area contributed by atoms with Crippen LogP contribution in [0.3, 0.4) is 0 Å². The molecule has 0 aromatic rings. The van der Waals surface area contributed by atoms with Crippen molar-refractivity contribution in [2.45, 2.75) is 76.9 Å². The van der Waals surface area contributed by atoms with Crippen molar-refractivity contribution in [3.63, 3.8) is 0 Å². The van der Waals surface area contributed by atoms with E-state index in [4.69, 9.17) is 10.8 Å². The van der Waals surface area contributed by atoms with Crippen molar-refractivity contribution in [2.24, 2.45) is 23.5 Å². The third-order valence-electron chi connectivity index (χ3n) is 5.49. The second-order valence-corrected chi connectivity index (χ2v) is 7.56. The maximum atomic E-state index is 10.6. The summed E-state index contributed by atoms with van der Waals surface area (Å²) in [6.07, 6.45) is 18.2. The molecule has 0 heterocycles. The fourth-order valence-corrected chi connectivity index (χ4v) is 3.78. The molecule has 0 unspecified atom stereocenters. The maximum absolute atomic E-state index is 10.6. The van der Waals surface area contributed by atoms with Crippen LogP contribution in [0.15, 0.2) is 24.3 Å². The van der Waals surface area contributed by atoms with Gasteiger partial charge in [-0.2, -0.15) is 0 Å². The Hall–Kier alpha value is -1.17. The van der Waals surface area contributed by atoms with Crippen LogP contribution in [0.1, 0.15) is 71.1 Å². The Morgan fingerprint density at radius 1 is 1.08 bits per heavy atom. The van der Waals surface area contributed by atoms with Crippen molar-refractivity contribution in [2.75, 3.05) is 6.54 Å². The van der Waals surface area contributed by atoms with Gasteiger partial charge in [-0.3, -0.25) is 0 Å². The van der Waals surface area contributed by atoms with Crippen molar-refractivity contribution in [1.82, 2.24) is 0 Å². The Labute approximate surface area is 158 Å². The summed E-state index contributed by atoms with van der Waals surface area (Å²) in [6, 6.07) is 0. The average Bonchev–Trinajstić information content (AvgIpc) is 2.99. The lowest BCUT2D eigenvalue weighted by atomic mass is 9.86. The molecule has 0 aromatic heterocycles. The van der Waals surface area contributed by atoms with E-state index in [0.717, 1.165) is 32.2 Å². The lowest BCUT2D eigenvalue weighted by molar-refractivity contribution is -0.205. The van der Waals surface area contributed by atoms with Gasteiger partial charge in [0.25, 0.3) is 5.79 Å². The monoisotopic (exact) mass is 367 g/mol. The van der Waals surface area contributed by atoms with Crippen LogP contribution < -0.4 is 5.73 Å². The molecule has 1 fully saturated rings. The number of hydrogen-bond acceptors (Lipinski definition) is 4. The van der Waals surface area contributed by atoms with Gasteiger partial charge in [-0.25, -0.2) is 4.79 Å². The predicted molar refractivity (Wildman–Crippen MR) is 104 cm³/mol. The molecular weight excluding hydrogens is 330 g/mol. The van der Waals surface area contributed by atoms with E-state index in [-0.39, 0.29) is 6.42 Å². The highest BCUT2D eigenvalue weighted by Gasteiger charge is 2.33. The summed E-state index contributed by atoms with van der Waals surface area (Å²) in [5.74, 6) is -2.60. The number of rotatable bonds is 13. The molecule has 0 amide bonds.